The van der Waals surface area contributed by atoms with E-state index in [2.05, 4.69) is 5.32 Å². The van der Waals surface area contributed by atoms with Gasteiger partial charge in [-0.2, -0.15) is 0 Å². The maximum atomic E-state index is 13.7. The van der Waals surface area contributed by atoms with Crippen LogP contribution in [0.15, 0.2) is 66.0 Å². The fraction of sp³-hybridized carbons (Fsp3) is 0.357. The Balaban J connectivity index is 1.53. The minimum absolute atomic E-state index is 0.00252. The molecule has 1 aliphatic rings. The standard InChI is InChI=1S/C28H32FN3O3S/c1-35-25-10-5-7-23(17-25)30-28(34)32(24-8-3-2-4-9-24)20-27(33)31(19-26-11-6-16-36-26)18-21-12-14-22(29)15-13-21/h5-7,10-17,24H,2-4,8-9,18-20H2,1H3,(H,30,34). The van der Waals surface area contributed by atoms with Gasteiger partial charge in [-0.1, -0.05) is 43.5 Å². The predicted octanol–water partition coefficient (Wildman–Crippen LogP) is 6.29. The van der Waals surface area contributed by atoms with E-state index in [9.17, 15) is 14.0 Å². The lowest BCUT2D eigenvalue weighted by Gasteiger charge is -2.35. The van der Waals surface area contributed by atoms with E-state index in [4.69, 9.17) is 4.74 Å². The Kier molecular flexibility index (Phi) is 8.95. The molecule has 1 N–H and O–H groups in total. The topological polar surface area (TPSA) is 61.9 Å². The Hall–Kier alpha value is -3.39. The monoisotopic (exact) mass is 509 g/mol. The van der Waals surface area contributed by atoms with E-state index in [1.54, 1.807) is 52.5 Å². The number of nitrogens with zero attached hydrogens (tertiary/aromatic N) is 2. The molecule has 1 heterocycles. The maximum Gasteiger partial charge on any atom is 0.322 e. The molecule has 190 valence electrons. The quantitative estimate of drug-likeness (QED) is 0.369. The molecule has 0 radical (unpaired) electrons. The zero-order chi connectivity index (χ0) is 25.3. The number of carbonyl (C=O) groups is 2. The van der Waals surface area contributed by atoms with Crippen molar-refractivity contribution in [3.8, 4) is 5.75 Å². The van der Waals surface area contributed by atoms with Crippen LogP contribution >= 0.6 is 11.3 Å². The molecule has 36 heavy (non-hydrogen) atoms. The summed E-state index contributed by atoms with van der Waals surface area (Å²) in [6, 6.07) is 17.0. The predicted molar refractivity (Wildman–Crippen MR) is 141 cm³/mol. The van der Waals surface area contributed by atoms with E-state index in [-0.39, 0.29) is 30.3 Å². The fourth-order valence-corrected chi connectivity index (χ4v) is 5.25. The summed E-state index contributed by atoms with van der Waals surface area (Å²) in [6.45, 7) is 0.754. The molecule has 0 saturated heterocycles. The zero-order valence-electron chi connectivity index (χ0n) is 20.5. The SMILES string of the molecule is COc1cccc(NC(=O)N(CC(=O)N(Cc2ccc(F)cc2)Cc2cccs2)C2CCCCC2)c1. The van der Waals surface area contributed by atoms with Crippen LogP contribution in [0.2, 0.25) is 0 Å². The number of urea groups is 1. The highest BCUT2D eigenvalue weighted by molar-refractivity contribution is 7.09. The van der Waals surface area contributed by atoms with Crippen LogP contribution in [-0.4, -0.2) is 41.4 Å². The van der Waals surface area contributed by atoms with Crippen molar-refractivity contribution < 1.29 is 18.7 Å². The summed E-state index contributed by atoms with van der Waals surface area (Å²) in [6.07, 6.45) is 4.97. The molecule has 0 aliphatic heterocycles. The number of hydrogen-bond donors (Lipinski definition) is 1. The van der Waals surface area contributed by atoms with Gasteiger partial charge in [-0.15, -0.1) is 11.3 Å². The van der Waals surface area contributed by atoms with E-state index in [1.165, 1.54) is 12.1 Å². The summed E-state index contributed by atoms with van der Waals surface area (Å²) >= 11 is 1.58. The maximum absolute atomic E-state index is 13.7. The van der Waals surface area contributed by atoms with Crippen molar-refractivity contribution in [2.24, 2.45) is 0 Å². The van der Waals surface area contributed by atoms with Crippen LogP contribution in [0.25, 0.3) is 0 Å². The molecular weight excluding hydrogens is 477 g/mol. The molecule has 2 aromatic carbocycles. The van der Waals surface area contributed by atoms with Gasteiger partial charge in [0, 0.05) is 29.2 Å². The number of halogens is 1. The number of benzene rings is 2. The molecular formula is C28H32FN3O3S. The van der Waals surface area contributed by atoms with E-state index in [1.807, 2.05) is 29.6 Å². The molecule has 8 heteroatoms. The van der Waals surface area contributed by atoms with Crippen LogP contribution in [0, 0.1) is 5.82 Å². The van der Waals surface area contributed by atoms with Gasteiger partial charge in [0.25, 0.3) is 0 Å². The second kappa shape index (κ2) is 12.5. The minimum Gasteiger partial charge on any atom is -0.497 e. The Morgan fingerprint density at radius 2 is 1.81 bits per heavy atom. The highest BCUT2D eigenvalue weighted by atomic mass is 32.1. The van der Waals surface area contributed by atoms with Crippen molar-refractivity contribution >= 4 is 29.0 Å². The van der Waals surface area contributed by atoms with Gasteiger partial charge in [0.2, 0.25) is 5.91 Å². The van der Waals surface area contributed by atoms with Crippen LogP contribution in [-0.2, 0) is 17.9 Å². The van der Waals surface area contributed by atoms with Crippen LogP contribution in [0.5, 0.6) is 5.75 Å². The van der Waals surface area contributed by atoms with Gasteiger partial charge in [0.05, 0.1) is 13.7 Å². The van der Waals surface area contributed by atoms with Crippen molar-refractivity contribution in [1.29, 1.82) is 0 Å². The molecule has 0 unspecified atom stereocenters. The number of thiophene rings is 1. The summed E-state index contributed by atoms with van der Waals surface area (Å²) in [7, 11) is 1.58. The Labute approximate surface area is 215 Å². The number of anilines is 1. The Morgan fingerprint density at radius 3 is 2.50 bits per heavy atom. The average Bonchev–Trinajstić information content (AvgIpc) is 3.42. The Bertz CT molecular complexity index is 1130. The lowest BCUT2D eigenvalue weighted by molar-refractivity contribution is -0.133. The van der Waals surface area contributed by atoms with Gasteiger partial charge in [0.15, 0.2) is 0 Å². The van der Waals surface area contributed by atoms with E-state index in [0.717, 1.165) is 42.5 Å². The van der Waals surface area contributed by atoms with Crippen LogP contribution < -0.4 is 10.1 Å². The highest BCUT2D eigenvalue weighted by Gasteiger charge is 2.29. The van der Waals surface area contributed by atoms with E-state index >= 15 is 0 Å². The first kappa shape index (κ1) is 25.7. The number of rotatable bonds is 9. The molecule has 4 rings (SSSR count). The van der Waals surface area contributed by atoms with Gasteiger partial charge < -0.3 is 19.9 Å². The van der Waals surface area contributed by atoms with Crippen molar-refractivity contribution in [2.45, 2.75) is 51.2 Å². The lowest BCUT2D eigenvalue weighted by Crippen LogP contribution is -2.49. The number of carbonyl (C=O) groups excluding carboxylic acids is 2. The van der Waals surface area contributed by atoms with Gasteiger partial charge in [-0.3, -0.25) is 4.79 Å². The second-order valence-electron chi connectivity index (χ2n) is 9.04. The molecule has 6 nitrogen and oxygen atoms in total. The number of nitrogens with one attached hydrogen (secondary N) is 1. The average molecular weight is 510 g/mol. The van der Waals surface area contributed by atoms with Gasteiger partial charge in [-0.05, 0) is 54.1 Å². The van der Waals surface area contributed by atoms with Gasteiger partial charge in [0.1, 0.15) is 18.1 Å². The van der Waals surface area contributed by atoms with Crippen LogP contribution in [0.3, 0.4) is 0 Å². The van der Waals surface area contributed by atoms with Crippen molar-refractivity contribution in [3.05, 3.63) is 82.3 Å². The number of ether oxygens (including phenoxy) is 1. The van der Waals surface area contributed by atoms with Crippen molar-refractivity contribution in [2.75, 3.05) is 19.0 Å². The highest BCUT2D eigenvalue weighted by Crippen LogP contribution is 2.25. The normalized spacial score (nSPS) is 13.7. The molecule has 3 amide bonds. The van der Waals surface area contributed by atoms with Crippen LogP contribution in [0.1, 0.15) is 42.5 Å². The summed E-state index contributed by atoms with van der Waals surface area (Å²) in [5.74, 6) is 0.196. The largest absolute Gasteiger partial charge is 0.497 e. The first-order valence-corrected chi connectivity index (χ1v) is 13.2. The molecule has 1 fully saturated rings. The first-order chi connectivity index (χ1) is 17.5. The summed E-state index contributed by atoms with van der Waals surface area (Å²) < 4.78 is 18.7. The first-order valence-electron chi connectivity index (χ1n) is 12.3. The van der Waals surface area contributed by atoms with Gasteiger partial charge in [-0.25, -0.2) is 9.18 Å². The molecule has 1 aromatic heterocycles. The summed E-state index contributed by atoms with van der Waals surface area (Å²) in [5, 5.41) is 4.93. The fourth-order valence-electron chi connectivity index (χ4n) is 4.53. The van der Waals surface area contributed by atoms with E-state index < -0.39 is 0 Å². The third-order valence-electron chi connectivity index (χ3n) is 6.47. The zero-order valence-corrected chi connectivity index (χ0v) is 21.3. The molecule has 1 aliphatic carbocycles. The van der Waals surface area contributed by atoms with Crippen LogP contribution in [0.4, 0.5) is 14.9 Å². The lowest BCUT2D eigenvalue weighted by atomic mass is 9.94. The number of methoxy groups -OCH3 is 1. The van der Waals surface area contributed by atoms with Gasteiger partial charge >= 0.3 is 6.03 Å². The van der Waals surface area contributed by atoms with Crippen molar-refractivity contribution in [1.82, 2.24) is 9.80 Å². The number of hydrogen-bond acceptors (Lipinski definition) is 4. The van der Waals surface area contributed by atoms with Crippen molar-refractivity contribution in [3.63, 3.8) is 0 Å². The summed E-state index contributed by atoms with van der Waals surface area (Å²) in [4.78, 5) is 31.6. The molecule has 0 spiro atoms. The smallest absolute Gasteiger partial charge is 0.322 e. The Morgan fingerprint density at radius 1 is 1.03 bits per heavy atom. The third kappa shape index (κ3) is 7.07. The molecule has 3 aromatic rings. The molecule has 0 bridgehead atoms. The molecule has 1 saturated carbocycles. The minimum atomic E-state index is -0.312. The molecule has 0 atom stereocenters. The second-order valence-corrected chi connectivity index (χ2v) is 10.1. The number of amides is 3. The summed E-state index contributed by atoms with van der Waals surface area (Å²) in [5.41, 5.74) is 1.46. The van der Waals surface area contributed by atoms with E-state index in [0.29, 0.717) is 24.5 Å². The third-order valence-corrected chi connectivity index (χ3v) is 7.33.